The van der Waals surface area contributed by atoms with Gasteiger partial charge in [-0.1, -0.05) is 59.1 Å². The Balaban J connectivity index is 1.88. The number of benzene rings is 2. The zero-order chi connectivity index (χ0) is 17.7. The predicted molar refractivity (Wildman–Crippen MR) is 95.9 cm³/mol. The van der Waals surface area contributed by atoms with E-state index < -0.39 is 18.5 Å². The maximum atomic E-state index is 11.9. The van der Waals surface area contributed by atoms with Crippen LogP contribution in [0.15, 0.2) is 36.4 Å². The van der Waals surface area contributed by atoms with Crippen LogP contribution >= 0.6 is 34.8 Å². The standard InChI is InChI=1S/C17H14Cl3NO3/c1-10-4-2-3-5-11(10)6-17(23)24-9-16(22)21-15-8-13(19)12(18)7-14(15)20/h2-5,7-8H,6,9H2,1H3,(H,21,22). The van der Waals surface area contributed by atoms with Crippen LogP contribution in [0.4, 0.5) is 5.69 Å². The highest BCUT2D eigenvalue weighted by Crippen LogP contribution is 2.32. The van der Waals surface area contributed by atoms with Crippen LogP contribution in [-0.2, 0) is 20.7 Å². The minimum Gasteiger partial charge on any atom is -0.455 e. The number of amides is 1. The third kappa shape index (κ3) is 5.13. The second-order valence-corrected chi connectivity index (χ2v) is 6.28. The summed E-state index contributed by atoms with van der Waals surface area (Å²) in [7, 11) is 0. The van der Waals surface area contributed by atoms with Gasteiger partial charge >= 0.3 is 5.97 Å². The molecule has 0 radical (unpaired) electrons. The highest BCUT2D eigenvalue weighted by molar-refractivity contribution is 6.44. The Morgan fingerprint density at radius 1 is 1.04 bits per heavy atom. The minimum atomic E-state index is -0.520. The fraction of sp³-hybridized carbons (Fsp3) is 0.176. The number of hydrogen-bond acceptors (Lipinski definition) is 3. The highest BCUT2D eigenvalue weighted by atomic mass is 35.5. The van der Waals surface area contributed by atoms with E-state index >= 15 is 0 Å². The number of carbonyl (C=O) groups is 2. The van der Waals surface area contributed by atoms with E-state index in [2.05, 4.69) is 5.32 Å². The molecule has 0 saturated carbocycles. The molecule has 0 atom stereocenters. The molecule has 0 unspecified atom stereocenters. The summed E-state index contributed by atoms with van der Waals surface area (Å²) in [4.78, 5) is 23.7. The zero-order valence-corrected chi connectivity index (χ0v) is 15.0. The zero-order valence-electron chi connectivity index (χ0n) is 12.7. The molecule has 0 heterocycles. The first-order chi connectivity index (χ1) is 11.4. The normalized spacial score (nSPS) is 10.3. The van der Waals surface area contributed by atoms with Gasteiger partial charge in [0.1, 0.15) is 0 Å². The van der Waals surface area contributed by atoms with E-state index in [0.717, 1.165) is 11.1 Å². The lowest BCUT2D eigenvalue weighted by Crippen LogP contribution is -2.22. The SMILES string of the molecule is Cc1ccccc1CC(=O)OCC(=O)Nc1cc(Cl)c(Cl)cc1Cl. The van der Waals surface area contributed by atoms with Gasteiger partial charge in [0.05, 0.1) is 27.2 Å². The average Bonchev–Trinajstić information content (AvgIpc) is 2.53. The molecule has 2 aromatic carbocycles. The van der Waals surface area contributed by atoms with E-state index in [9.17, 15) is 9.59 Å². The number of halogens is 3. The monoisotopic (exact) mass is 385 g/mol. The molecule has 126 valence electrons. The van der Waals surface area contributed by atoms with Gasteiger partial charge in [-0.05, 0) is 30.2 Å². The first-order valence-electron chi connectivity index (χ1n) is 7.01. The summed E-state index contributed by atoms with van der Waals surface area (Å²) in [5.41, 5.74) is 2.14. The fourth-order valence-electron chi connectivity index (χ4n) is 1.97. The molecule has 0 aliphatic carbocycles. The molecule has 1 N–H and O–H groups in total. The van der Waals surface area contributed by atoms with E-state index in [4.69, 9.17) is 39.5 Å². The van der Waals surface area contributed by atoms with E-state index in [0.29, 0.717) is 5.69 Å². The summed E-state index contributed by atoms with van der Waals surface area (Å²) in [6.45, 7) is 1.49. The summed E-state index contributed by atoms with van der Waals surface area (Å²) < 4.78 is 4.98. The van der Waals surface area contributed by atoms with E-state index in [1.54, 1.807) is 0 Å². The summed E-state index contributed by atoms with van der Waals surface area (Å²) in [6.07, 6.45) is 0.105. The third-order valence-electron chi connectivity index (χ3n) is 3.24. The van der Waals surface area contributed by atoms with Crippen molar-refractivity contribution in [1.82, 2.24) is 0 Å². The number of rotatable bonds is 5. The summed E-state index contributed by atoms with van der Waals surface area (Å²) >= 11 is 17.7. The number of aryl methyl sites for hydroxylation is 1. The van der Waals surface area contributed by atoms with Crippen molar-refractivity contribution in [2.24, 2.45) is 0 Å². The maximum Gasteiger partial charge on any atom is 0.310 e. The molecule has 0 fully saturated rings. The predicted octanol–water partition coefficient (Wildman–Crippen LogP) is 4.68. The molecule has 0 aliphatic heterocycles. The molecule has 4 nitrogen and oxygen atoms in total. The van der Waals surface area contributed by atoms with Crippen molar-refractivity contribution >= 4 is 52.4 Å². The van der Waals surface area contributed by atoms with Crippen LogP contribution in [-0.4, -0.2) is 18.5 Å². The first kappa shape index (κ1) is 18.6. The van der Waals surface area contributed by atoms with Crippen LogP contribution in [0, 0.1) is 6.92 Å². The quantitative estimate of drug-likeness (QED) is 0.599. The molecule has 1 amide bonds. The Hall–Kier alpha value is -1.75. The molecule has 24 heavy (non-hydrogen) atoms. The summed E-state index contributed by atoms with van der Waals surface area (Å²) in [6, 6.07) is 10.3. The lowest BCUT2D eigenvalue weighted by atomic mass is 10.1. The van der Waals surface area contributed by atoms with Gasteiger partial charge in [0.15, 0.2) is 6.61 Å². The van der Waals surface area contributed by atoms with Crippen molar-refractivity contribution < 1.29 is 14.3 Å². The maximum absolute atomic E-state index is 11.9. The third-order valence-corrected chi connectivity index (χ3v) is 4.28. The molecule has 7 heteroatoms. The summed E-state index contributed by atoms with van der Waals surface area (Å²) in [5, 5.41) is 3.30. The van der Waals surface area contributed by atoms with Crippen molar-refractivity contribution in [3.8, 4) is 0 Å². The van der Waals surface area contributed by atoms with Gasteiger partial charge in [-0.15, -0.1) is 0 Å². The highest BCUT2D eigenvalue weighted by Gasteiger charge is 2.12. The van der Waals surface area contributed by atoms with Crippen molar-refractivity contribution in [2.75, 3.05) is 11.9 Å². The van der Waals surface area contributed by atoms with E-state index in [1.165, 1.54) is 12.1 Å². The molecular formula is C17H14Cl3NO3. The first-order valence-corrected chi connectivity index (χ1v) is 8.14. The number of anilines is 1. The number of nitrogens with one attached hydrogen (secondary N) is 1. The van der Waals surface area contributed by atoms with Crippen LogP contribution in [0.2, 0.25) is 15.1 Å². The van der Waals surface area contributed by atoms with Gasteiger partial charge in [0.2, 0.25) is 0 Å². The van der Waals surface area contributed by atoms with Gasteiger partial charge in [-0.3, -0.25) is 9.59 Å². The molecule has 2 rings (SSSR count). The van der Waals surface area contributed by atoms with E-state index in [1.807, 2.05) is 31.2 Å². The van der Waals surface area contributed by atoms with Crippen molar-refractivity contribution in [3.05, 3.63) is 62.6 Å². The lowest BCUT2D eigenvalue weighted by Gasteiger charge is -2.10. The molecule has 0 saturated heterocycles. The van der Waals surface area contributed by atoms with Crippen LogP contribution in [0.3, 0.4) is 0 Å². The lowest BCUT2D eigenvalue weighted by molar-refractivity contribution is -0.146. The van der Waals surface area contributed by atoms with Gasteiger partial charge in [-0.25, -0.2) is 0 Å². The number of carbonyl (C=O) groups excluding carboxylic acids is 2. The summed E-state index contributed by atoms with van der Waals surface area (Å²) in [5.74, 6) is -1.01. The van der Waals surface area contributed by atoms with Crippen LogP contribution < -0.4 is 5.32 Å². The topological polar surface area (TPSA) is 55.4 Å². The molecule has 2 aromatic rings. The van der Waals surface area contributed by atoms with Gasteiger partial charge in [-0.2, -0.15) is 0 Å². The van der Waals surface area contributed by atoms with Gasteiger partial charge in [0, 0.05) is 0 Å². The average molecular weight is 387 g/mol. The number of ether oxygens (including phenoxy) is 1. The smallest absolute Gasteiger partial charge is 0.310 e. The van der Waals surface area contributed by atoms with Crippen LogP contribution in [0.1, 0.15) is 11.1 Å². The second-order valence-electron chi connectivity index (χ2n) is 5.06. The Morgan fingerprint density at radius 2 is 1.71 bits per heavy atom. The number of hydrogen-bond donors (Lipinski definition) is 1. The largest absolute Gasteiger partial charge is 0.455 e. The minimum absolute atomic E-state index is 0.105. The second kappa shape index (κ2) is 8.38. The Kier molecular flexibility index (Phi) is 6.49. The van der Waals surface area contributed by atoms with Crippen LogP contribution in [0.5, 0.6) is 0 Å². The molecule has 0 aromatic heterocycles. The molecule has 0 spiro atoms. The van der Waals surface area contributed by atoms with Crippen LogP contribution in [0.25, 0.3) is 0 Å². The molecule has 0 aliphatic rings. The van der Waals surface area contributed by atoms with Crippen molar-refractivity contribution in [2.45, 2.75) is 13.3 Å². The number of esters is 1. The molecule has 0 bridgehead atoms. The van der Waals surface area contributed by atoms with Crippen molar-refractivity contribution in [3.63, 3.8) is 0 Å². The van der Waals surface area contributed by atoms with Gasteiger partial charge < -0.3 is 10.1 Å². The van der Waals surface area contributed by atoms with Crippen molar-refractivity contribution in [1.29, 1.82) is 0 Å². The molecular weight excluding hydrogens is 373 g/mol. The Morgan fingerprint density at radius 3 is 2.42 bits per heavy atom. The Bertz CT molecular complexity index is 778. The van der Waals surface area contributed by atoms with E-state index in [-0.39, 0.29) is 21.5 Å². The fourth-order valence-corrected chi connectivity index (χ4v) is 2.56. The van der Waals surface area contributed by atoms with Gasteiger partial charge in [0.25, 0.3) is 5.91 Å². The Labute approximate surface area is 154 Å².